The van der Waals surface area contributed by atoms with Crippen LogP contribution in [0.5, 0.6) is 0 Å². The lowest BCUT2D eigenvalue weighted by Crippen LogP contribution is -2.56. The Labute approximate surface area is 159 Å². The van der Waals surface area contributed by atoms with E-state index in [9.17, 15) is 9.18 Å². The summed E-state index contributed by atoms with van der Waals surface area (Å²) in [6.45, 7) is 2.94. The van der Waals surface area contributed by atoms with Crippen molar-refractivity contribution < 1.29 is 13.9 Å². The molecule has 2 heterocycles. The zero-order valence-electron chi connectivity index (χ0n) is 15.5. The number of hydrogen-bond acceptors (Lipinski definition) is 3. The standard InChI is InChI=1S/C22H25FN2O2/c1-22(14-18(24)11-13-27-22)21(26)25-12-10-15-4-2-3-5-19(15)20(25)16-6-8-17(23)9-7-16/h2-9,18,20H,10-14,24H2,1H3/t18-,20-,22+/m0/s1. The maximum Gasteiger partial charge on any atom is 0.255 e. The molecule has 3 atom stereocenters. The highest BCUT2D eigenvalue weighted by molar-refractivity contribution is 5.86. The van der Waals surface area contributed by atoms with E-state index in [2.05, 4.69) is 12.1 Å². The summed E-state index contributed by atoms with van der Waals surface area (Å²) in [5.41, 5.74) is 8.43. The van der Waals surface area contributed by atoms with Crippen molar-refractivity contribution in [2.45, 2.75) is 43.9 Å². The van der Waals surface area contributed by atoms with Crippen LogP contribution in [-0.2, 0) is 16.0 Å². The molecule has 0 spiro atoms. The summed E-state index contributed by atoms with van der Waals surface area (Å²) in [7, 11) is 0. The second kappa shape index (κ2) is 7.06. The van der Waals surface area contributed by atoms with E-state index in [4.69, 9.17) is 10.5 Å². The number of fused-ring (bicyclic) bond motifs is 1. The average molecular weight is 368 g/mol. The van der Waals surface area contributed by atoms with Gasteiger partial charge in [-0.1, -0.05) is 36.4 Å². The molecule has 0 aliphatic carbocycles. The minimum atomic E-state index is -0.914. The summed E-state index contributed by atoms with van der Waals surface area (Å²) in [6.07, 6.45) is 2.08. The largest absolute Gasteiger partial charge is 0.365 e. The topological polar surface area (TPSA) is 55.6 Å². The van der Waals surface area contributed by atoms with E-state index >= 15 is 0 Å². The van der Waals surface area contributed by atoms with E-state index in [0.29, 0.717) is 19.6 Å². The van der Waals surface area contributed by atoms with E-state index < -0.39 is 5.60 Å². The average Bonchev–Trinajstić information content (AvgIpc) is 2.67. The molecule has 0 radical (unpaired) electrons. The number of amides is 1. The molecule has 2 aromatic carbocycles. The molecule has 0 aromatic heterocycles. The molecule has 2 N–H and O–H groups in total. The maximum absolute atomic E-state index is 13.6. The molecule has 27 heavy (non-hydrogen) atoms. The Morgan fingerprint density at radius 2 is 1.96 bits per heavy atom. The molecule has 2 aromatic rings. The van der Waals surface area contributed by atoms with Gasteiger partial charge in [0.15, 0.2) is 0 Å². The van der Waals surface area contributed by atoms with Gasteiger partial charge in [0.25, 0.3) is 5.91 Å². The van der Waals surface area contributed by atoms with Crippen LogP contribution in [0.4, 0.5) is 4.39 Å². The monoisotopic (exact) mass is 368 g/mol. The predicted molar refractivity (Wildman–Crippen MR) is 102 cm³/mol. The van der Waals surface area contributed by atoms with Crippen molar-refractivity contribution in [3.8, 4) is 0 Å². The lowest BCUT2D eigenvalue weighted by atomic mass is 9.85. The number of carbonyl (C=O) groups is 1. The van der Waals surface area contributed by atoms with Gasteiger partial charge in [-0.2, -0.15) is 0 Å². The zero-order valence-corrected chi connectivity index (χ0v) is 15.5. The molecule has 0 saturated carbocycles. The van der Waals surface area contributed by atoms with Gasteiger partial charge in [-0.3, -0.25) is 4.79 Å². The fraction of sp³-hybridized carbons (Fsp3) is 0.409. The molecule has 2 aliphatic rings. The molecular weight excluding hydrogens is 343 g/mol. The third kappa shape index (κ3) is 3.37. The summed E-state index contributed by atoms with van der Waals surface area (Å²) >= 11 is 0. The Bertz CT molecular complexity index is 838. The summed E-state index contributed by atoms with van der Waals surface area (Å²) < 4.78 is 19.4. The second-order valence-corrected chi connectivity index (χ2v) is 7.73. The highest BCUT2D eigenvalue weighted by Crippen LogP contribution is 2.38. The molecule has 0 bridgehead atoms. The molecule has 1 amide bonds. The van der Waals surface area contributed by atoms with Gasteiger partial charge in [-0.05, 0) is 48.6 Å². The predicted octanol–water partition coefficient (Wildman–Crippen LogP) is 3.20. The maximum atomic E-state index is 13.6. The Morgan fingerprint density at radius 3 is 2.70 bits per heavy atom. The van der Waals surface area contributed by atoms with Crippen LogP contribution in [0.25, 0.3) is 0 Å². The summed E-state index contributed by atoms with van der Waals surface area (Å²) in [5.74, 6) is -0.323. The van der Waals surface area contributed by atoms with E-state index in [0.717, 1.165) is 24.0 Å². The summed E-state index contributed by atoms with van der Waals surface area (Å²) in [6, 6.07) is 14.3. The van der Waals surface area contributed by atoms with Crippen LogP contribution in [0.15, 0.2) is 48.5 Å². The van der Waals surface area contributed by atoms with Crippen LogP contribution in [0.2, 0.25) is 0 Å². The van der Waals surface area contributed by atoms with Crippen LogP contribution in [0, 0.1) is 5.82 Å². The van der Waals surface area contributed by atoms with Gasteiger partial charge in [0.1, 0.15) is 11.4 Å². The third-order valence-electron chi connectivity index (χ3n) is 5.74. The third-order valence-corrected chi connectivity index (χ3v) is 5.74. The number of halogens is 1. The lowest BCUT2D eigenvalue weighted by molar-refractivity contribution is -0.165. The Hall–Kier alpha value is -2.24. The van der Waals surface area contributed by atoms with E-state index in [1.54, 1.807) is 12.1 Å². The highest BCUT2D eigenvalue weighted by atomic mass is 19.1. The quantitative estimate of drug-likeness (QED) is 0.886. The van der Waals surface area contributed by atoms with Crippen molar-refractivity contribution in [2.75, 3.05) is 13.2 Å². The first-order valence-corrected chi connectivity index (χ1v) is 9.52. The van der Waals surface area contributed by atoms with E-state index in [1.807, 2.05) is 24.0 Å². The van der Waals surface area contributed by atoms with Crippen LogP contribution < -0.4 is 5.73 Å². The minimum Gasteiger partial charge on any atom is -0.365 e. The van der Waals surface area contributed by atoms with Crippen molar-refractivity contribution in [1.29, 1.82) is 0 Å². The number of benzene rings is 2. The van der Waals surface area contributed by atoms with Crippen molar-refractivity contribution >= 4 is 5.91 Å². The molecule has 4 nitrogen and oxygen atoms in total. The normalized spacial score (nSPS) is 27.9. The Balaban J connectivity index is 1.74. The first-order chi connectivity index (χ1) is 13.0. The Kier molecular flexibility index (Phi) is 4.74. The van der Waals surface area contributed by atoms with Gasteiger partial charge in [-0.15, -0.1) is 0 Å². The molecule has 1 saturated heterocycles. The molecular formula is C22H25FN2O2. The SMILES string of the molecule is C[C@]1(C(=O)N2CCc3ccccc3[C@@H]2c2ccc(F)cc2)C[C@@H](N)CCO1. The summed E-state index contributed by atoms with van der Waals surface area (Å²) in [4.78, 5) is 15.4. The van der Waals surface area contributed by atoms with Crippen molar-refractivity contribution in [1.82, 2.24) is 4.90 Å². The zero-order chi connectivity index (χ0) is 19.0. The lowest BCUT2D eigenvalue weighted by Gasteiger charge is -2.44. The number of nitrogens with zero attached hydrogens (tertiary/aromatic N) is 1. The van der Waals surface area contributed by atoms with E-state index in [1.165, 1.54) is 17.7 Å². The van der Waals surface area contributed by atoms with Gasteiger partial charge in [-0.25, -0.2) is 4.39 Å². The van der Waals surface area contributed by atoms with Crippen LogP contribution in [-0.4, -0.2) is 35.6 Å². The second-order valence-electron chi connectivity index (χ2n) is 7.73. The van der Waals surface area contributed by atoms with Crippen LogP contribution >= 0.6 is 0 Å². The van der Waals surface area contributed by atoms with Gasteiger partial charge >= 0.3 is 0 Å². The fourth-order valence-corrected chi connectivity index (χ4v) is 4.34. The molecule has 1 fully saturated rings. The molecule has 142 valence electrons. The van der Waals surface area contributed by atoms with Gasteiger partial charge in [0.2, 0.25) is 0 Å². The van der Waals surface area contributed by atoms with Gasteiger partial charge < -0.3 is 15.4 Å². The number of ether oxygens (including phenoxy) is 1. The van der Waals surface area contributed by atoms with Crippen LogP contribution in [0.1, 0.15) is 42.5 Å². The number of carbonyl (C=O) groups excluding carboxylic acids is 1. The van der Waals surface area contributed by atoms with Gasteiger partial charge in [0.05, 0.1) is 6.04 Å². The molecule has 4 rings (SSSR count). The van der Waals surface area contributed by atoms with Crippen molar-refractivity contribution in [3.63, 3.8) is 0 Å². The molecule has 5 heteroatoms. The van der Waals surface area contributed by atoms with Gasteiger partial charge in [0, 0.05) is 25.6 Å². The van der Waals surface area contributed by atoms with Crippen molar-refractivity contribution in [3.05, 3.63) is 71.0 Å². The minimum absolute atomic E-state index is 0.0333. The smallest absolute Gasteiger partial charge is 0.255 e. The molecule has 0 unspecified atom stereocenters. The first-order valence-electron chi connectivity index (χ1n) is 9.52. The molecule has 2 aliphatic heterocycles. The number of hydrogen-bond donors (Lipinski definition) is 1. The van der Waals surface area contributed by atoms with Crippen LogP contribution in [0.3, 0.4) is 0 Å². The number of rotatable bonds is 2. The summed E-state index contributed by atoms with van der Waals surface area (Å²) in [5, 5.41) is 0. The number of nitrogens with two attached hydrogens (primary N) is 1. The van der Waals surface area contributed by atoms with E-state index in [-0.39, 0.29) is 23.8 Å². The highest BCUT2D eigenvalue weighted by Gasteiger charge is 2.45. The fourth-order valence-electron chi connectivity index (χ4n) is 4.34. The van der Waals surface area contributed by atoms with Crippen molar-refractivity contribution in [2.24, 2.45) is 5.73 Å². The Morgan fingerprint density at radius 1 is 1.22 bits per heavy atom. The first kappa shape index (κ1) is 18.1.